The number of fused-ring (bicyclic) bond motifs is 1. The first-order valence-corrected chi connectivity index (χ1v) is 9.30. The Bertz CT molecular complexity index is 1290. The van der Waals surface area contributed by atoms with Gasteiger partial charge in [0.1, 0.15) is 23.4 Å². The zero-order valence-electron chi connectivity index (χ0n) is 15.7. The predicted octanol–water partition coefficient (Wildman–Crippen LogP) is 3.41. The van der Waals surface area contributed by atoms with Crippen molar-refractivity contribution in [2.24, 2.45) is 0 Å². The van der Waals surface area contributed by atoms with Crippen LogP contribution in [-0.2, 0) is 6.42 Å². The van der Waals surface area contributed by atoms with Crippen molar-refractivity contribution in [2.45, 2.75) is 13.3 Å². The molecule has 0 atom stereocenters. The number of rotatable bonds is 4. The van der Waals surface area contributed by atoms with Crippen molar-refractivity contribution in [3.8, 4) is 28.6 Å². The van der Waals surface area contributed by atoms with Gasteiger partial charge in [0, 0.05) is 11.9 Å². The Balaban J connectivity index is 1.80. The third-order valence-corrected chi connectivity index (χ3v) is 4.84. The molecule has 3 N–H and O–H groups in total. The second-order valence-electron chi connectivity index (χ2n) is 6.60. The number of nitrogens with one attached hydrogen (secondary N) is 1. The van der Waals surface area contributed by atoms with E-state index in [1.165, 1.54) is 11.9 Å². The minimum atomic E-state index is 0.421. The van der Waals surface area contributed by atoms with Crippen molar-refractivity contribution in [3.63, 3.8) is 0 Å². The highest BCUT2D eigenvalue weighted by Crippen LogP contribution is 2.31. The molecular formula is C21H18N8. The topological polar surface area (TPSA) is 111 Å². The van der Waals surface area contributed by atoms with E-state index in [-0.39, 0.29) is 0 Å². The fourth-order valence-electron chi connectivity index (χ4n) is 3.33. The Morgan fingerprint density at radius 1 is 1.00 bits per heavy atom. The van der Waals surface area contributed by atoms with Crippen LogP contribution in [0.15, 0.2) is 61.1 Å². The molecule has 8 nitrogen and oxygen atoms in total. The smallest absolute Gasteiger partial charge is 0.174 e. The van der Waals surface area contributed by atoms with Crippen LogP contribution in [0.4, 0.5) is 5.82 Å². The number of nitrogens with two attached hydrogens (primary N) is 1. The van der Waals surface area contributed by atoms with Crippen molar-refractivity contribution >= 4 is 17.0 Å². The number of aromatic nitrogens is 7. The van der Waals surface area contributed by atoms with Gasteiger partial charge in [-0.1, -0.05) is 19.1 Å². The molecule has 0 aliphatic heterocycles. The number of hydrogen-bond donors (Lipinski definition) is 2. The van der Waals surface area contributed by atoms with Crippen LogP contribution in [-0.4, -0.2) is 34.7 Å². The Morgan fingerprint density at radius 2 is 1.86 bits per heavy atom. The summed E-state index contributed by atoms with van der Waals surface area (Å²) in [4.78, 5) is 18.1. The number of aromatic amines is 1. The quantitative estimate of drug-likeness (QED) is 0.493. The minimum absolute atomic E-state index is 0.421. The van der Waals surface area contributed by atoms with Crippen molar-refractivity contribution in [2.75, 3.05) is 5.73 Å². The number of nitrogen functional groups attached to an aromatic ring is 1. The van der Waals surface area contributed by atoms with E-state index in [1.54, 1.807) is 6.20 Å². The van der Waals surface area contributed by atoms with Crippen LogP contribution in [0.2, 0.25) is 0 Å². The molecule has 0 aliphatic rings. The van der Waals surface area contributed by atoms with E-state index in [1.807, 2.05) is 28.8 Å². The number of anilines is 1. The third kappa shape index (κ3) is 2.91. The van der Waals surface area contributed by atoms with Crippen molar-refractivity contribution in [1.29, 1.82) is 0 Å². The van der Waals surface area contributed by atoms with Gasteiger partial charge in [0.2, 0.25) is 0 Å². The molecule has 0 radical (unpaired) electrons. The lowest BCUT2D eigenvalue weighted by Crippen LogP contribution is -2.02. The van der Waals surface area contributed by atoms with Crippen LogP contribution in [0.5, 0.6) is 0 Å². The van der Waals surface area contributed by atoms with E-state index in [2.05, 4.69) is 51.4 Å². The van der Waals surface area contributed by atoms with Crippen molar-refractivity contribution in [1.82, 2.24) is 34.7 Å². The maximum Gasteiger partial charge on any atom is 0.174 e. The lowest BCUT2D eigenvalue weighted by Gasteiger charge is -2.11. The SMILES string of the molecule is CCc1ccc(-n2c(-c3cccnc3N)nc3ccc(-c4ncn[nH]4)nc32)cc1. The van der Waals surface area contributed by atoms with Crippen molar-refractivity contribution in [3.05, 3.63) is 66.6 Å². The van der Waals surface area contributed by atoms with E-state index in [0.29, 0.717) is 28.8 Å². The second kappa shape index (κ2) is 6.83. The monoisotopic (exact) mass is 382 g/mol. The summed E-state index contributed by atoms with van der Waals surface area (Å²) in [5, 5.41) is 6.78. The highest BCUT2D eigenvalue weighted by atomic mass is 15.2. The molecule has 0 spiro atoms. The summed E-state index contributed by atoms with van der Waals surface area (Å²) in [5.74, 6) is 1.71. The van der Waals surface area contributed by atoms with Crippen LogP contribution in [0.3, 0.4) is 0 Å². The van der Waals surface area contributed by atoms with Crippen LogP contribution < -0.4 is 5.73 Å². The summed E-state index contributed by atoms with van der Waals surface area (Å²) in [7, 11) is 0. The van der Waals surface area contributed by atoms with Gasteiger partial charge in [-0.05, 0) is 48.4 Å². The lowest BCUT2D eigenvalue weighted by atomic mass is 10.1. The molecule has 1 aromatic carbocycles. The number of pyridine rings is 2. The van der Waals surface area contributed by atoms with Crippen LogP contribution in [0.25, 0.3) is 39.8 Å². The Kier molecular flexibility index (Phi) is 4.02. The number of benzene rings is 1. The van der Waals surface area contributed by atoms with Crippen LogP contribution in [0.1, 0.15) is 12.5 Å². The van der Waals surface area contributed by atoms with E-state index in [0.717, 1.165) is 23.2 Å². The number of imidazole rings is 1. The van der Waals surface area contributed by atoms with Gasteiger partial charge in [-0.3, -0.25) is 9.67 Å². The number of aryl methyl sites for hydroxylation is 1. The predicted molar refractivity (Wildman–Crippen MR) is 111 cm³/mol. The molecule has 0 amide bonds. The first-order valence-electron chi connectivity index (χ1n) is 9.30. The Morgan fingerprint density at radius 3 is 2.59 bits per heavy atom. The molecule has 29 heavy (non-hydrogen) atoms. The summed E-state index contributed by atoms with van der Waals surface area (Å²) < 4.78 is 2.00. The van der Waals surface area contributed by atoms with E-state index < -0.39 is 0 Å². The average molecular weight is 382 g/mol. The molecule has 4 heterocycles. The number of hydrogen-bond acceptors (Lipinski definition) is 6. The number of H-pyrrole nitrogens is 1. The van der Waals surface area contributed by atoms with Gasteiger partial charge in [-0.25, -0.2) is 19.9 Å². The first-order chi connectivity index (χ1) is 14.2. The van der Waals surface area contributed by atoms with Crippen molar-refractivity contribution < 1.29 is 0 Å². The molecule has 4 aromatic heterocycles. The molecule has 8 heteroatoms. The molecule has 0 bridgehead atoms. The van der Waals surface area contributed by atoms with Gasteiger partial charge >= 0.3 is 0 Å². The Labute approximate surface area is 166 Å². The molecule has 142 valence electrons. The third-order valence-electron chi connectivity index (χ3n) is 4.84. The highest BCUT2D eigenvalue weighted by Gasteiger charge is 2.19. The maximum absolute atomic E-state index is 6.17. The fourth-order valence-corrected chi connectivity index (χ4v) is 3.33. The largest absolute Gasteiger partial charge is 0.383 e. The Hall–Kier alpha value is -4.07. The standard InChI is InChI=1S/C21H18N8/c1-2-13-5-7-14(8-6-13)29-20(15-4-3-11-23-18(15)22)27-17-10-9-16(26-21(17)29)19-24-12-25-28-19/h3-12H,2H2,1H3,(H2,22,23)(H,24,25,28). The van der Waals surface area contributed by atoms with E-state index in [9.17, 15) is 0 Å². The van der Waals surface area contributed by atoms with Gasteiger partial charge in [0.15, 0.2) is 17.3 Å². The molecule has 0 saturated heterocycles. The summed E-state index contributed by atoms with van der Waals surface area (Å²) >= 11 is 0. The lowest BCUT2D eigenvalue weighted by molar-refractivity contribution is 1.06. The van der Waals surface area contributed by atoms with Gasteiger partial charge in [-0.15, -0.1) is 0 Å². The van der Waals surface area contributed by atoms with Gasteiger partial charge in [-0.2, -0.15) is 5.10 Å². The molecule has 0 saturated carbocycles. The minimum Gasteiger partial charge on any atom is -0.383 e. The van der Waals surface area contributed by atoms with Gasteiger partial charge < -0.3 is 5.73 Å². The summed E-state index contributed by atoms with van der Waals surface area (Å²) in [6, 6.07) is 15.9. The highest BCUT2D eigenvalue weighted by molar-refractivity contribution is 5.84. The first kappa shape index (κ1) is 17.1. The summed E-state index contributed by atoms with van der Waals surface area (Å²) in [6.45, 7) is 2.13. The molecule has 0 fully saturated rings. The van der Waals surface area contributed by atoms with Crippen LogP contribution in [0, 0.1) is 0 Å². The molecular weight excluding hydrogens is 364 g/mol. The van der Waals surface area contributed by atoms with Gasteiger partial charge in [0.25, 0.3) is 0 Å². The zero-order chi connectivity index (χ0) is 19.8. The fraction of sp³-hybridized carbons (Fsp3) is 0.0952. The molecule has 5 aromatic rings. The number of nitrogens with zero attached hydrogens (tertiary/aromatic N) is 6. The average Bonchev–Trinajstić information content (AvgIpc) is 3.42. The molecule has 0 aliphatic carbocycles. The summed E-state index contributed by atoms with van der Waals surface area (Å²) in [6.07, 6.45) is 4.10. The second-order valence-corrected chi connectivity index (χ2v) is 6.60. The van der Waals surface area contributed by atoms with E-state index >= 15 is 0 Å². The maximum atomic E-state index is 6.17. The van der Waals surface area contributed by atoms with Gasteiger partial charge in [0.05, 0.1) is 5.56 Å². The molecule has 0 unspecified atom stereocenters. The summed E-state index contributed by atoms with van der Waals surface area (Å²) in [5.41, 5.74) is 11.3. The van der Waals surface area contributed by atoms with Crippen LogP contribution >= 0.6 is 0 Å². The molecule has 5 rings (SSSR count). The zero-order valence-corrected chi connectivity index (χ0v) is 15.7. The normalized spacial score (nSPS) is 11.2. The van der Waals surface area contributed by atoms with E-state index in [4.69, 9.17) is 15.7 Å².